The molecular formula is C17H19N5O3. The van der Waals surface area contributed by atoms with Crippen LogP contribution in [-0.2, 0) is 16.6 Å². The number of aromatic nitrogens is 2. The molecule has 1 saturated heterocycles. The monoisotopic (exact) mass is 341 g/mol. The maximum absolute atomic E-state index is 12.1. The van der Waals surface area contributed by atoms with E-state index in [-0.39, 0.29) is 24.3 Å². The fraction of sp³-hybridized carbons (Fsp3) is 0.294. The number of hydrogen-bond donors (Lipinski definition) is 2. The molecule has 0 spiro atoms. The Morgan fingerprint density at radius 1 is 1.20 bits per heavy atom. The van der Waals surface area contributed by atoms with Crippen molar-refractivity contribution in [3.63, 3.8) is 0 Å². The zero-order valence-electron chi connectivity index (χ0n) is 13.9. The molecule has 3 amide bonds. The molecule has 3 rings (SSSR count). The van der Waals surface area contributed by atoms with E-state index >= 15 is 0 Å². The van der Waals surface area contributed by atoms with Gasteiger partial charge >= 0.3 is 0 Å². The predicted molar refractivity (Wildman–Crippen MR) is 92.2 cm³/mol. The molecule has 8 nitrogen and oxygen atoms in total. The van der Waals surface area contributed by atoms with Crippen LogP contribution in [0, 0.1) is 0 Å². The third kappa shape index (κ3) is 4.03. The Kier molecular flexibility index (Phi) is 4.78. The summed E-state index contributed by atoms with van der Waals surface area (Å²) in [5.74, 6) is -0.174. The van der Waals surface area contributed by atoms with E-state index in [4.69, 9.17) is 0 Å². The van der Waals surface area contributed by atoms with Gasteiger partial charge in [0, 0.05) is 43.5 Å². The van der Waals surface area contributed by atoms with Gasteiger partial charge in [-0.15, -0.1) is 0 Å². The molecule has 0 atom stereocenters. The molecule has 0 bridgehead atoms. The van der Waals surface area contributed by atoms with E-state index < -0.39 is 0 Å². The van der Waals surface area contributed by atoms with Crippen molar-refractivity contribution in [2.24, 2.45) is 7.05 Å². The second-order valence-corrected chi connectivity index (χ2v) is 5.80. The van der Waals surface area contributed by atoms with Gasteiger partial charge < -0.3 is 15.5 Å². The van der Waals surface area contributed by atoms with Gasteiger partial charge in [0.2, 0.25) is 11.8 Å². The molecule has 1 aliphatic rings. The minimum atomic E-state index is -0.355. The van der Waals surface area contributed by atoms with Crippen molar-refractivity contribution < 1.29 is 14.4 Å². The van der Waals surface area contributed by atoms with Crippen LogP contribution >= 0.6 is 0 Å². The first-order valence-electron chi connectivity index (χ1n) is 8.01. The number of carbonyl (C=O) groups is 3. The summed E-state index contributed by atoms with van der Waals surface area (Å²) < 4.78 is 1.57. The SMILES string of the molecule is Cn1ccc(NC(=O)CNC(=O)c2ccc(N3CCCC3=O)cc2)n1. The van der Waals surface area contributed by atoms with Gasteiger partial charge in [0.1, 0.15) is 0 Å². The fourth-order valence-electron chi connectivity index (χ4n) is 2.65. The molecule has 130 valence electrons. The van der Waals surface area contributed by atoms with E-state index in [0.29, 0.717) is 24.3 Å². The molecule has 2 N–H and O–H groups in total. The highest BCUT2D eigenvalue weighted by Crippen LogP contribution is 2.21. The van der Waals surface area contributed by atoms with Gasteiger partial charge in [-0.1, -0.05) is 0 Å². The standard InChI is InChI=1S/C17H19N5O3/c1-21-10-8-14(20-21)19-15(23)11-18-17(25)12-4-6-13(7-5-12)22-9-2-3-16(22)24/h4-8,10H,2-3,9,11H2,1H3,(H,18,25)(H,19,20,23). The van der Waals surface area contributed by atoms with Crippen LogP contribution in [0.25, 0.3) is 0 Å². The Hall–Kier alpha value is -3.16. The van der Waals surface area contributed by atoms with Crippen molar-refractivity contribution in [2.45, 2.75) is 12.8 Å². The number of aryl methyl sites for hydroxylation is 1. The maximum Gasteiger partial charge on any atom is 0.251 e. The van der Waals surface area contributed by atoms with Crippen LogP contribution in [0.1, 0.15) is 23.2 Å². The van der Waals surface area contributed by atoms with Crippen LogP contribution < -0.4 is 15.5 Å². The number of nitrogens with one attached hydrogen (secondary N) is 2. The lowest BCUT2D eigenvalue weighted by Crippen LogP contribution is -2.33. The Morgan fingerprint density at radius 3 is 2.56 bits per heavy atom. The first-order chi connectivity index (χ1) is 12.0. The zero-order chi connectivity index (χ0) is 17.8. The van der Waals surface area contributed by atoms with E-state index in [1.54, 1.807) is 53.2 Å². The van der Waals surface area contributed by atoms with Crippen LogP contribution in [0.15, 0.2) is 36.5 Å². The molecule has 0 saturated carbocycles. The summed E-state index contributed by atoms with van der Waals surface area (Å²) in [7, 11) is 1.75. The van der Waals surface area contributed by atoms with E-state index in [2.05, 4.69) is 15.7 Å². The summed E-state index contributed by atoms with van der Waals surface area (Å²) >= 11 is 0. The summed E-state index contributed by atoms with van der Waals surface area (Å²) in [6.45, 7) is 0.555. The van der Waals surface area contributed by atoms with Crippen molar-refractivity contribution in [3.8, 4) is 0 Å². The van der Waals surface area contributed by atoms with Gasteiger partial charge in [0.25, 0.3) is 5.91 Å². The average Bonchev–Trinajstić information content (AvgIpc) is 3.21. The largest absolute Gasteiger partial charge is 0.343 e. The summed E-state index contributed by atoms with van der Waals surface area (Å²) in [4.78, 5) is 37.3. The molecule has 1 fully saturated rings. The Morgan fingerprint density at radius 2 is 1.96 bits per heavy atom. The van der Waals surface area contributed by atoms with Gasteiger partial charge in [-0.25, -0.2) is 0 Å². The minimum absolute atomic E-state index is 0.100. The smallest absolute Gasteiger partial charge is 0.251 e. The highest BCUT2D eigenvalue weighted by atomic mass is 16.2. The van der Waals surface area contributed by atoms with Crippen LogP contribution in [0.2, 0.25) is 0 Å². The number of amides is 3. The van der Waals surface area contributed by atoms with E-state index in [0.717, 1.165) is 12.1 Å². The lowest BCUT2D eigenvalue weighted by atomic mass is 10.2. The molecule has 0 aliphatic carbocycles. The van der Waals surface area contributed by atoms with Gasteiger partial charge in [-0.05, 0) is 30.7 Å². The first kappa shape index (κ1) is 16.7. The van der Waals surface area contributed by atoms with Crippen molar-refractivity contribution in [1.82, 2.24) is 15.1 Å². The molecule has 8 heteroatoms. The Bertz CT molecular complexity index is 797. The maximum atomic E-state index is 12.1. The summed E-state index contributed by atoms with van der Waals surface area (Å²) in [5, 5.41) is 9.18. The van der Waals surface area contributed by atoms with Gasteiger partial charge in [-0.2, -0.15) is 5.10 Å². The lowest BCUT2D eigenvalue weighted by molar-refractivity contribution is -0.117. The topological polar surface area (TPSA) is 96.3 Å². The lowest BCUT2D eigenvalue weighted by Gasteiger charge is -2.15. The number of rotatable bonds is 5. The van der Waals surface area contributed by atoms with Crippen LogP contribution in [0.4, 0.5) is 11.5 Å². The number of hydrogen-bond acceptors (Lipinski definition) is 4. The second kappa shape index (κ2) is 7.16. The second-order valence-electron chi connectivity index (χ2n) is 5.80. The normalized spacial score (nSPS) is 13.8. The number of carbonyl (C=O) groups excluding carboxylic acids is 3. The molecule has 2 aromatic rings. The molecule has 1 aromatic heterocycles. The highest BCUT2D eigenvalue weighted by Gasteiger charge is 2.21. The Balaban J connectivity index is 1.52. The van der Waals surface area contributed by atoms with Crippen molar-refractivity contribution >= 4 is 29.2 Å². The third-order valence-corrected chi connectivity index (χ3v) is 3.91. The molecule has 1 aliphatic heterocycles. The average molecular weight is 341 g/mol. The highest BCUT2D eigenvalue weighted by molar-refractivity contribution is 6.00. The molecule has 1 aromatic carbocycles. The Labute approximate surface area is 144 Å². The summed E-state index contributed by atoms with van der Waals surface area (Å²) in [6, 6.07) is 8.44. The molecule has 0 unspecified atom stereocenters. The first-order valence-corrected chi connectivity index (χ1v) is 8.01. The predicted octanol–water partition coefficient (Wildman–Crippen LogP) is 0.915. The van der Waals surface area contributed by atoms with Crippen LogP contribution in [0.5, 0.6) is 0 Å². The van der Waals surface area contributed by atoms with Crippen LogP contribution in [-0.4, -0.2) is 40.6 Å². The summed E-state index contributed by atoms with van der Waals surface area (Å²) in [5.41, 5.74) is 1.22. The quantitative estimate of drug-likeness (QED) is 0.845. The zero-order valence-corrected chi connectivity index (χ0v) is 13.9. The number of nitrogens with zero attached hydrogens (tertiary/aromatic N) is 3. The van der Waals surface area contributed by atoms with Crippen molar-refractivity contribution in [3.05, 3.63) is 42.1 Å². The molecular weight excluding hydrogens is 322 g/mol. The molecule has 0 radical (unpaired) electrons. The van der Waals surface area contributed by atoms with E-state index in [1.807, 2.05) is 0 Å². The van der Waals surface area contributed by atoms with E-state index in [1.165, 1.54) is 0 Å². The van der Waals surface area contributed by atoms with Crippen LogP contribution in [0.3, 0.4) is 0 Å². The van der Waals surface area contributed by atoms with Gasteiger partial charge in [0.15, 0.2) is 5.82 Å². The van der Waals surface area contributed by atoms with Crippen molar-refractivity contribution in [2.75, 3.05) is 23.3 Å². The minimum Gasteiger partial charge on any atom is -0.343 e. The van der Waals surface area contributed by atoms with Gasteiger partial charge in [0.05, 0.1) is 6.54 Å². The molecule has 2 heterocycles. The number of anilines is 2. The third-order valence-electron chi connectivity index (χ3n) is 3.91. The van der Waals surface area contributed by atoms with Gasteiger partial charge in [-0.3, -0.25) is 19.1 Å². The molecule has 25 heavy (non-hydrogen) atoms. The van der Waals surface area contributed by atoms with E-state index in [9.17, 15) is 14.4 Å². The summed E-state index contributed by atoms with van der Waals surface area (Å²) in [6.07, 6.45) is 3.13. The van der Waals surface area contributed by atoms with Crippen molar-refractivity contribution in [1.29, 1.82) is 0 Å². The fourth-order valence-corrected chi connectivity index (χ4v) is 2.65. The number of benzene rings is 1.